The van der Waals surface area contributed by atoms with E-state index in [9.17, 15) is 22.8 Å². The van der Waals surface area contributed by atoms with Crippen molar-refractivity contribution in [1.29, 1.82) is 5.26 Å². The highest BCUT2D eigenvalue weighted by atomic mass is 19.4. The fourth-order valence-electron chi connectivity index (χ4n) is 2.98. The molecule has 0 atom stereocenters. The maximum Gasteiger partial charge on any atom is 0.417 e. The summed E-state index contributed by atoms with van der Waals surface area (Å²) in [4.78, 5) is 4.17. The van der Waals surface area contributed by atoms with Crippen molar-refractivity contribution in [1.82, 2.24) is 4.98 Å². The summed E-state index contributed by atoms with van der Waals surface area (Å²) in [6.45, 7) is 1.56. The molecule has 0 fully saturated rings. The van der Waals surface area contributed by atoms with E-state index in [1.54, 1.807) is 6.92 Å². The summed E-state index contributed by atoms with van der Waals surface area (Å²) in [5.74, 6) is -0.643. The molecule has 7 heteroatoms. The van der Waals surface area contributed by atoms with Gasteiger partial charge in [0, 0.05) is 11.1 Å². The Kier molecular flexibility index (Phi) is 4.58. The number of hydrogen-bond acceptors (Lipinski definition) is 3. The van der Waals surface area contributed by atoms with Crippen molar-refractivity contribution in [2.24, 2.45) is 0 Å². The lowest BCUT2D eigenvalue weighted by atomic mass is 9.90. The van der Waals surface area contributed by atoms with Crippen molar-refractivity contribution in [3.8, 4) is 28.5 Å². The number of alkyl halides is 3. The summed E-state index contributed by atoms with van der Waals surface area (Å²) in [5.41, 5.74) is 5.91. The van der Waals surface area contributed by atoms with Crippen molar-refractivity contribution < 1.29 is 17.6 Å². The van der Waals surface area contributed by atoms with Crippen LogP contribution in [0.15, 0.2) is 48.5 Å². The van der Waals surface area contributed by atoms with Gasteiger partial charge in [0.1, 0.15) is 23.3 Å². The number of hydrogen-bond donors (Lipinski definition) is 1. The second-order valence-corrected chi connectivity index (χ2v) is 5.88. The van der Waals surface area contributed by atoms with Crippen LogP contribution in [0.1, 0.15) is 16.7 Å². The molecule has 3 nitrogen and oxygen atoms in total. The normalized spacial score (nSPS) is 11.3. The summed E-state index contributed by atoms with van der Waals surface area (Å²) >= 11 is 0. The smallest absolute Gasteiger partial charge is 0.383 e. The topological polar surface area (TPSA) is 62.7 Å². The predicted molar refractivity (Wildman–Crippen MR) is 93.9 cm³/mol. The Morgan fingerprint density at radius 2 is 1.67 bits per heavy atom. The average Bonchev–Trinajstić information content (AvgIpc) is 2.63. The highest BCUT2D eigenvalue weighted by molar-refractivity contribution is 5.85. The van der Waals surface area contributed by atoms with Crippen LogP contribution in [0.5, 0.6) is 0 Å². The lowest BCUT2D eigenvalue weighted by Gasteiger charge is -2.18. The van der Waals surface area contributed by atoms with Gasteiger partial charge >= 0.3 is 6.18 Å². The van der Waals surface area contributed by atoms with Gasteiger partial charge in [-0.25, -0.2) is 9.37 Å². The second kappa shape index (κ2) is 6.72. The largest absolute Gasteiger partial charge is 0.417 e. The molecule has 0 spiro atoms. The third-order valence-electron chi connectivity index (χ3n) is 4.20. The number of aromatic nitrogens is 1. The van der Waals surface area contributed by atoms with Crippen LogP contribution in [0.4, 0.5) is 23.4 Å². The molecule has 0 amide bonds. The molecule has 0 radical (unpaired) electrons. The number of rotatable bonds is 2. The zero-order valence-electron chi connectivity index (χ0n) is 14.1. The summed E-state index contributed by atoms with van der Waals surface area (Å²) in [7, 11) is 0. The Balaban J connectivity index is 2.38. The first-order valence-corrected chi connectivity index (χ1v) is 7.86. The molecule has 3 aromatic rings. The summed E-state index contributed by atoms with van der Waals surface area (Å²) in [6, 6.07) is 12.2. The molecule has 3 rings (SSSR count). The highest BCUT2D eigenvalue weighted by Crippen LogP contribution is 2.42. The van der Waals surface area contributed by atoms with E-state index in [1.807, 2.05) is 6.07 Å². The number of nitrogens with zero attached hydrogens (tertiary/aromatic N) is 2. The Bertz CT molecular complexity index is 1050. The van der Waals surface area contributed by atoms with Gasteiger partial charge in [0.15, 0.2) is 0 Å². The van der Waals surface area contributed by atoms with E-state index in [4.69, 9.17) is 5.73 Å². The minimum Gasteiger partial charge on any atom is -0.383 e. The van der Waals surface area contributed by atoms with Crippen LogP contribution in [-0.4, -0.2) is 4.98 Å². The number of benzene rings is 2. The van der Waals surface area contributed by atoms with E-state index in [-0.39, 0.29) is 22.5 Å². The van der Waals surface area contributed by atoms with Crippen molar-refractivity contribution in [2.75, 3.05) is 5.73 Å². The predicted octanol–water partition coefficient (Wildman–Crippen LogP) is 5.34. The lowest BCUT2D eigenvalue weighted by molar-refractivity contribution is -0.137. The monoisotopic (exact) mass is 371 g/mol. The van der Waals surface area contributed by atoms with Gasteiger partial charge in [-0.1, -0.05) is 18.2 Å². The number of nitrogens with two attached hydrogens (primary N) is 1. The minimum absolute atomic E-state index is 0.0669. The first-order chi connectivity index (χ1) is 12.7. The van der Waals surface area contributed by atoms with Gasteiger partial charge in [-0.15, -0.1) is 0 Å². The summed E-state index contributed by atoms with van der Waals surface area (Å²) < 4.78 is 53.7. The number of nitriles is 1. The molecule has 0 aliphatic heterocycles. The molecule has 2 N–H and O–H groups in total. The standard InChI is InChI=1S/C20H13F4N3/c1-11-17(14-4-2-3-5-16(14)20(22,23)24)15(10-25)19(26)27-18(11)12-6-8-13(21)9-7-12/h2-9H,1H3,(H2,26,27). The lowest BCUT2D eigenvalue weighted by Crippen LogP contribution is -2.10. The molecule has 0 aliphatic carbocycles. The van der Waals surface area contributed by atoms with Crippen LogP contribution in [0.3, 0.4) is 0 Å². The molecule has 1 aromatic heterocycles. The van der Waals surface area contributed by atoms with E-state index in [2.05, 4.69) is 4.98 Å². The maximum absolute atomic E-state index is 13.5. The first kappa shape index (κ1) is 18.4. The van der Waals surface area contributed by atoms with Crippen LogP contribution in [0.25, 0.3) is 22.4 Å². The third kappa shape index (κ3) is 3.34. The van der Waals surface area contributed by atoms with Crippen molar-refractivity contribution in [2.45, 2.75) is 13.1 Å². The number of anilines is 1. The van der Waals surface area contributed by atoms with Gasteiger partial charge in [-0.05, 0) is 48.4 Å². The van der Waals surface area contributed by atoms with Gasteiger partial charge in [0.2, 0.25) is 0 Å². The molecule has 2 aromatic carbocycles. The van der Waals surface area contributed by atoms with Gasteiger partial charge in [-0.2, -0.15) is 18.4 Å². The molecule has 0 saturated heterocycles. The number of pyridine rings is 1. The van der Waals surface area contributed by atoms with E-state index >= 15 is 0 Å². The summed E-state index contributed by atoms with van der Waals surface area (Å²) in [5, 5.41) is 9.48. The van der Waals surface area contributed by atoms with Crippen LogP contribution in [0.2, 0.25) is 0 Å². The Morgan fingerprint density at radius 3 is 2.26 bits per heavy atom. The highest BCUT2D eigenvalue weighted by Gasteiger charge is 2.35. The first-order valence-electron chi connectivity index (χ1n) is 7.86. The van der Waals surface area contributed by atoms with Crippen molar-refractivity contribution in [3.05, 3.63) is 71.0 Å². The van der Waals surface area contributed by atoms with E-state index < -0.39 is 17.6 Å². The minimum atomic E-state index is -4.61. The quantitative estimate of drug-likeness (QED) is 0.619. The van der Waals surface area contributed by atoms with E-state index in [0.29, 0.717) is 16.8 Å². The van der Waals surface area contributed by atoms with Gasteiger partial charge in [-0.3, -0.25) is 0 Å². The molecule has 0 unspecified atom stereocenters. The van der Waals surface area contributed by atoms with Crippen LogP contribution >= 0.6 is 0 Å². The fraction of sp³-hybridized carbons (Fsp3) is 0.100. The average molecular weight is 371 g/mol. The van der Waals surface area contributed by atoms with E-state index in [0.717, 1.165) is 6.07 Å². The van der Waals surface area contributed by atoms with Crippen LogP contribution in [0, 0.1) is 24.1 Å². The Hall–Kier alpha value is -3.40. The SMILES string of the molecule is Cc1c(-c2ccc(F)cc2)nc(N)c(C#N)c1-c1ccccc1C(F)(F)F. The number of halogens is 4. The zero-order chi connectivity index (χ0) is 19.8. The molecule has 136 valence electrons. The zero-order valence-corrected chi connectivity index (χ0v) is 14.1. The van der Waals surface area contributed by atoms with Gasteiger partial charge in [0.25, 0.3) is 0 Å². The fourth-order valence-corrected chi connectivity index (χ4v) is 2.98. The van der Waals surface area contributed by atoms with Crippen LogP contribution in [-0.2, 0) is 6.18 Å². The maximum atomic E-state index is 13.5. The molecular formula is C20H13F4N3. The van der Waals surface area contributed by atoms with E-state index in [1.165, 1.54) is 42.5 Å². The molecule has 27 heavy (non-hydrogen) atoms. The molecule has 0 aliphatic rings. The van der Waals surface area contributed by atoms with Crippen molar-refractivity contribution in [3.63, 3.8) is 0 Å². The molecule has 0 saturated carbocycles. The Morgan fingerprint density at radius 1 is 1.04 bits per heavy atom. The van der Waals surface area contributed by atoms with Crippen LogP contribution < -0.4 is 5.73 Å². The van der Waals surface area contributed by atoms with Crippen molar-refractivity contribution >= 4 is 5.82 Å². The summed E-state index contributed by atoms with van der Waals surface area (Å²) in [6.07, 6.45) is -4.61. The molecule has 1 heterocycles. The van der Waals surface area contributed by atoms with Gasteiger partial charge < -0.3 is 5.73 Å². The Labute approximate surface area is 152 Å². The second-order valence-electron chi connectivity index (χ2n) is 5.88. The molecule has 0 bridgehead atoms. The van der Waals surface area contributed by atoms with Gasteiger partial charge in [0.05, 0.1) is 11.3 Å². The number of nitrogen functional groups attached to an aromatic ring is 1. The third-order valence-corrected chi connectivity index (χ3v) is 4.20. The molecular weight excluding hydrogens is 358 g/mol.